The number of rotatable bonds is 3. The molecule has 0 aliphatic rings. The molecule has 0 unspecified atom stereocenters. The van der Waals surface area contributed by atoms with Crippen LogP contribution in [0.4, 0.5) is 0 Å². The fourth-order valence-corrected chi connectivity index (χ4v) is 6.85. The molecule has 4 rings (SSSR count). The van der Waals surface area contributed by atoms with Crippen molar-refractivity contribution < 1.29 is 5.79 Å². The number of hydrogen-bond donors (Lipinski definition) is 0. The number of benzene rings is 1. The van der Waals surface area contributed by atoms with Crippen LogP contribution in [-0.4, -0.2) is 23.2 Å². The van der Waals surface area contributed by atoms with Gasteiger partial charge in [0.05, 0.1) is 0 Å². The Bertz CT molecular complexity index is 1200. The van der Waals surface area contributed by atoms with E-state index in [2.05, 4.69) is 40.5 Å². The van der Waals surface area contributed by atoms with E-state index >= 15 is 0 Å². The zero-order valence-electron chi connectivity index (χ0n) is 17.8. The molecule has 3 nitrogen and oxygen atoms in total. The molecule has 0 saturated carbocycles. The quantitative estimate of drug-likeness (QED) is 0.381. The molecule has 0 bridgehead atoms. The van der Waals surface area contributed by atoms with Gasteiger partial charge in [0.2, 0.25) is 0 Å². The summed E-state index contributed by atoms with van der Waals surface area (Å²) in [6.45, 7) is 5.89. The van der Waals surface area contributed by atoms with Crippen molar-refractivity contribution in [1.82, 2.24) is 9.97 Å². The first-order valence-corrected chi connectivity index (χ1v) is 16.7. The van der Waals surface area contributed by atoms with Gasteiger partial charge in [-0.05, 0) is 0 Å². The van der Waals surface area contributed by atoms with Crippen LogP contribution in [0.5, 0.6) is 0 Å². The summed E-state index contributed by atoms with van der Waals surface area (Å²) >= 11 is -2.13. The Morgan fingerprint density at radius 3 is 2.52 bits per heavy atom. The van der Waals surface area contributed by atoms with Crippen LogP contribution in [0.15, 0.2) is 47.0 Å². The first-order chi connectivity index (χ1) is 13.0. The van der Waals surface area contributed by atoms with E-state index < -0.39 is 19.2 Å². The second-order valence-electron chi connectivity index (χ2n) is 8.48. The van der Waals surface area contributed by atoms with Gasteiger partial charge in [0, 0.05) is 0 Å². The van der Waals surface area contributed by atoms with Gasteiger partial charge < -0.3 is 0 Å². The van der Waals surface area contributed by atoms with Crippen molar-refractivity contribution in [3.8, 4) is 11.3 Å². The number of pyridine rings is 2. The molecule has 4 aromatic rings. The van der Waals surface area contributed by atoms with Gasteiger partial charge in [0.25, 0.3) is 0 Å². The Hall–Kier alpha value is -2.14. The molecule has 0 amide bonds. The second kappa shape index (κ2) is 6.48. The van der Waals surface area contributed by atoms with Crippen molar-refractivity contribution in [2.45, 2.75) is 43.9 Å². The Morgan fingerprint density at radius 1 is 1.04 bits per heavy atom. The van der Waals surface area contributed by atoms with Gasteiger partial charge in [0.1, 0.15) is 0 Å². The molecule has 0 aliphatic carbocycles. The molecule has 0 radical (unpaired) electrons. The van der Waals surface area contributed by atoms with Crippen LogP contribution in [-0.2, 0) is 0 Å². The van der Waals surface area contributed by atoms with Gasteiger partial charge in [-0.15, -0.1) is 0 Å². The van der Waals surface area contributed by atoms with Gasteiger partial charge in [0.15, 0.2) is 0 Å². The fourth-order valence-electron chi connectivity index (χ4n) is 3.53. The van der Waals surface area contributed by atoms with Gasteiger partial charge in [-0.2, -0.15) is 0 Å². The van der Waals surface area contributed by atoms with Crippen molar-refractivity contribution >= 4 is 39.7 Å². The van der Waals surface area contributed by atoms with Crippen LogP contribution in [0.1, 0.15) is 32.4 Å². The Kier molecular flexibility index (Phi) is 4.08. The Labute approximate surface area is 164 Å². The summed E-state index contributed by atoms with van der Waals surface area (Å²) in [6, 6.07) is 12.3. The van der Waals surface area contributed by atoms with Crippen molar-refractivity contribution in [2.24, 2.45) is 0 Å². The van der Waals surface area contributed by atoms with E-state index in [0.29, 0.717) is 5.71 Å². The third-order valence-electron chi connectivity index (χ3n) is 5.02. The molecular weight excluding hydrogens is 393 g/mol. The van der Waals surface area contributed by atoms with Gasteiger partial charge >= 0.3 is 165 Å². The molecule has 1 aromatic carbocycles. The van der Waals surface area contributed by atoms with Gasteiger partial charge in [-0.1, -0.05) is 0 Å². The van der Waals surface area contributed by atoms with Crippen molar-refractivity contribution in [3.63, 3.8) is 0 Å². The molecular formula is C23H26GeN2O. The average molecular weight is 420 g/mol. The van der Waals surface area contributed by atoms with E-state index in [1.165, 1.54) is 4.40 Å². The summed E-state index contributed by atoms with van der Waals surface area (Å²) < 4.78 is 15.9. The SMILES string of the molecule is [2H]C(C)(C)c1cc(-c2ccc3oc4nc(C)ccc4c3c2)nc[c]1[Ge]([CH3])([CH3])[CH3]. The monoisotopic (exact) mass is 421 g/mol. The van der Waals surface area contributed by atoms with Gasteiger partial charge in [-0.25, -0.2) is 0 Å². The number of aryl methyl sites for hydroxylation is 1. The zero-order valence-corrected chi connectivity index (χ0v) is 18.9. The van der Waals surface area contributed by atoms with E-state index in [4.69, 9.17) is 10.8 Å². The number of fused-ring (bicyclic) bond motifs is 3. The van der Waals surface area contributed by atoms with Crippen LogP contribution >= 0.6 is 0 Å². The molecule has 3 aromatic heterocycles. The summed E-state index contributed by atoms with van der Waals surface area (Å²) in [6.07, 6.45) is 2.02. The number of aromatic nitrogens is 2. The summed E-state index contributed by atoms with van der Waals surface area (Å²) in [5.74, 6) is 6.40. The Morgan fingerprint density at radius 2 is 1.81 bits per heavy atom. The third kappa shape index (κ3) is 3.29. The maximum absolute atomic E-state index is 8.67. The van der Waals surface area contributed by atoms with Crippen LogP contribution in [0.25, 0.3) is 33.3 Å². The van der Waals surface area contributed by atoms with Gasteiger partial charge in [-0.3, -0.25) is 0 Å². The van der Waals surface area contributed by atoms with E-state index in [0.717, 1.165) is 38.9 Å². The molecule has 0 aliphatic heterocycles. The zero-order chi connectivity index (χ0) is 20.3. The minimum atomic E-state index is -2.13. The van der Waals surface area contributed by atoms with Crippen LogP contribution in [0, 0.1) is 6.92 Å². The van der Waals surface area contributed by atoms with Crippen molar-refractivity contribution in [2.75, 3.05) is 0 Å². The predicted molar refractivity (Wildman–Crippen MR) is 117 cm³/mol. The Balaban J connectivity index is 1.91. The summed E-state index contributed by atoms with van der Waals surface area (Å²) in [4.78, 5) is 9.29. The van der Waals surface area contributed by atoms with Crippen LogP contribution in [0.2, 0.25) is 17.3 Å². The number of furan rings is 1. The predicted octanol–water partition coefficient (Wildman–Crippen LogP) is 6.02. The molecule has 0 saturated heterocycles. The topological polar surface area (TPSA) is 38.9 Å². The molecule has 138 valence electrons. The average Bonchev–Trinajstić information content (AvgIpc) is 2.96. The molecule has 27 heavy (non-hydrogen) atoms. The molecule has 0 fully saturated rings. The first kappa shape index (κ1) is 17.0. The van der Waals surface area contributed by atoms with Crippen molar-refractivity contribution in [1.29, 1.82) is 0 Å². The number of nitrogens with zero attached hydrogens (tertiary/aromatic N) is 2. The second-order valence-corrected chi connectivity index (χ2v) is 19.1. The molecule has 0 spiro atoms. The van der Waals surface area contributed by atoms with E-state index in [1.807, 2.05) is 45.2 Å². The third-order valence-corrected chi connectivity index (χ3v) is 9.25. The van der Waals surface area contributed by atoms with Crippen LogP contribution in [0.3, 0.4) is 0 Å². The summed E-state index contributed by atoms with van der Waals surface area (Å²) in [7, 11) is 0. The van der Waals surface area contributed by atoms with Crippen molar-refractivity contribution in [3.05, 3.63) is 53.9 Å². The molecule has 0 atom stereocenters. The molecule has 4 heteroatoms. The first-order valence-electron chi connectivity index (χ1n) is 9.85. The summed E-state index contributed by atoms with van der Waals surface area (Å²) in [5.41, 5.74) is 5.48. The molecule has 0 N–H and O–H groups in total. The van der Waals surface area contributed by atoms with Crippen LogP contribution < -0.4 is 4.40 Å². The van der Waals surface area contributed by atoms with E-state index in [-0.39, 0.29) is 0 Å². The minimum absolute atomic E-state index is 0.653. The summed E-state index contributed by atoms with van der Waals surface area (Å²) in [5, 5.41) is 2.07. The standard InChI is InChI=1S/C23H26GeN2O/c1-14(2)18-12-21(25-13-20(18)24(4,5)6)16-8-10-22-19(11-16)17-9-7-15(3)26-23(17)27-22/h7-14H,1-6H3/i14D. The number of hydrogen-bond acceptors (Lipinski definition) is 3. The maximum atomic E-state index is 8.67. The molecule has 3 heterocycles. The van der Waals surface area contributed by atoms with E-state index in [9.17, 15) is 0 Å². The van der Waals surface area contributed by atoms with E-state index in [1.54, 1.807) is 0 Å². The normalized spacial score (nSPS) is 13.3. The fraction of sp³-hybridized carbons (Fsp3) is 0.304.